The van der Waals surface area contributed by atoms with Crippen LogP contribution in [0.4, 0.5) is 0 Å². The molecule has 7 nitrogen and oxygen atoms in total. The van der Waals surface area contributed by atoms with E-state index in [4.69, 9.17) is 16.1 Å². The third-order valence-corrected chi connectivity index (χ3v) is 4.42. The van der Waals surface area contributed by atoms with E-state index >= 15 is 0 Å². The highest BCUT2D eigenvalue weighted by Crippen LogP contribution is 2.21. The monoisotopic (exact) mass is 310 g/mol. The molecule has 0 spiro atoms. The number of aryl methyl sites for hydroxylation is 1. The standard InChI is InChI=1S/C13H19ClN6O/c1-8-12(14)9(2)20(17-8)7-11-16-13(18-21-11)10-6-15-4-5-19(10)3/h10,15H,4-7H2,1-3H3. The maximum atomic E-state index is 6.15. The average Bonchev–Trinajstić information content (AvgIpc) is 3.01. The highest BCUT2D eigenvalue weighted by molar-refractivity contribution is 6.31. The van der Waals surface area contributed by atoms with Crippen molar-refractivity contribution in [2.24, 2.45) is 0 Å². The Balaban J connectivity index is 1.77. The van der Waals surface area contributed by atoms with Crippen molar-refractivity contribution >= 4 is 11.6 Å². The molecule has 8 heteroatoms. The minimum Gasteiger partial charge on any atom is -0.337 e. The predicted octanol–water partition coefficient (Wildman–Crippen LogP) is 1.16. The number of piperazine rings is 1. The molecule has 2 aromatic heterocycles. The van der Waals surface area contributed by atoms with Gasteiger partial charge >= 0.3 is 0 Å². The molecule has 114 valence electrons. The van der Waals surface area contributed by atoms with Crippen molar-refractivity contribution in [2.45, 2.75) is 26.4 Å². The van der Waals surface area contributed by atoms with Crippen LogP contribution < -0.4 is 5.32 Å². The van der Waals surface area contributed by atoms with Gasteiger partial charge in [0.25, 0.3) is 0 Å². The third kappa shape index (κ3) is 2.81. The topological polar surface area (TPSA) is 72.0 Å². The van der Waals surface area contributed by atoms with E-state index in [1.54, 1.807) is 4.68 Å². The Bertz CT molecular complexity index is 637. The summed E-state index contributed by atoms with van der Waals surface area (Å²) in [5, 5.41) is 12.5. The zero-order valence-corrected chi connectivity index (χ0v) is 13.2. The molecule has 1 aliphatic rings. The minimum absolute atomic E-state index is 0.153. The fraction of sp³-hybridized carbons (Fsp3) is 0.615. The summed E-state index contributed by atoms with van der Waals surface area (Å²) in [6, 6.07) is 0.153. The summed E-state index contributed by atoms with van der Waals surface area (Å²) in [5.74, 6) is 1.26. The predicted molar refractivity (Wildman–Crippen MR) is 78.4 cm³/mol. The molecule has 1 aliphatic heterocycles. The summed E-state index contributed by atoms with van der Waals surface area (Å²) in [6.07, 6.45) is 0. The van der Waals surface area contributed by atoms with Gasteiger partial charge in [0, 0.05) is 19.6 Å². The zero-order valence-electron chi connectivity index (χ0n) is 12.4. The van der Waals surface area contributed by atoms with Gasteiger partial charge in [-0.3, -0.25) is 9.58 Å². The Labute approximate surface area is 128 Å². The van der Waals surface area contributed by atoms with E-state index in [0.717, 1.165) is 31.0 Å². The highest BCUT2D eigenvalue weighted by atomic mass is 35.5. The number of aromatic nitrogens is 4. The van der Waals surface area contributed by atoms with Crippen LogP contribution in [-0.4, -0.2) is 51.5 Å². The molecule has 0 bridgehead atoms. The Morgan fingerprint density at radius 1 is 1.43 bits per heavy atom. The average molecular weight is 311 g/mol. The number of nitrogens with one attached hydrogen (secondary N) is 1. The van der Waals surface area contributed by atoms with Crippen LogP contribution in [0.2, 0.25) is 5.02 Å². The molecule has 1 N–H and O–H groups in total. The van der Waals surface area contributed by atoms with Gasteiger partial charge in [-0.25, -0.2) is 0 Å². The van der Waals surface area contributed by atoms with Crippen molar-refractivity contribution in [3.8, 4) is 0 Å². The van der Waals surface area contributed by atoms with Crippen molar-refractivity contribution in [2.75, 3.05) is 26.7 Å². The maximum Gasteiger partial charge on any atom is 0.248 e. The van der Waals surface area contributed by atoms with Crippen molar-refractivity contribution in [1.29, 1.82) is 0 Å². The largest absolute Gasteiger partial charge is 0.337 e. The first-order valence-electron chi connectivity index (χ1n) is 6.99. The molecular weight excluding hydrogens is 292 g/mol. The van der Waals surface area contributed by atoms with Gasteiger partial charge in [-0.15, -0.1) is 0 Å². The van der Waals surface area contributed by atoms with Gasteiger partial charge in [-0.1, -0.05) is 16.8 Å². The third-order valence-electron chi connectivity index (χ3n) is 3.87. The van der Waals surface area contributed by atoms with E-state index in [1.165, 1.54) is 0 Å². The lowest BCUT2D eigenvalue weighted by atomic mass is 10.2. The van der Waals surface area contributed by atoms with E-state index < -0.39 is 0 Å². The van der Waals surface area contributed by atoms with Crippen LogP contribution in [0.25, 0.3) is 0 Å². The van der Waals surface area contributed by atoms with Gasteiger partial charge < -0.3 is 9.84 Å². The van der Waals surface area contributed by atoms with Gasteiger partial charge in [0.1, 0.15) is 6.54 Å². The second kappa shape index (κ2) is 5.75. The lowest BCUT2D eigenvalue weighted by molar-refractivity contribution is 0.190. The van der Waals surface area contributed by atoms with Gasteiger partial charge in [0.2, 0.25) is 5.89 Å². The minimum atomic E-state index is 0.153. The SMILES string of the molecule is Cc1nn(Cc2nc(C3CNCCN3C)no2)c(C)c1Cl. The molecule has 3 heterocycles. The molecule has 1 saturated heterocycles. The summed E-state index contributed by atoms with van der Waals surface area (Å²) >= 11 is 6.15. The summed E-state index contributed by atoms with van der Waals surface area (Å²) in [7, 11) is 2.07. The van der Waals surface area contributed by atoms with Crippen molar-refractivity contribution in [1.82, 2.24) is 30.1 Å². The lowest BCUT2D eigenvalue weighted by Crippen LogP contribution is -2.44. The molecule has 1 atom stereocenters. The number of hydrogen-bond acceptors (Lipinski definition) is 6. The Kier molecular flexibility index (Phi) is 3.97. The fourth-order valence-corrected chi connectivity index (χ4v) is 2.65. The Morgan fingerprint density at radius 2 is 2.24 bits per heavy atom. The van der Waals surface area contributed by atoms with Crippen molar-refractivity contribution in [3.63, 3.8) is 0 Å². The van der Waals surface area contributed by atoms with E-state index in [-0.39, 0.29) is 6.04 Å². The van der Waals surface area contributed by atoms with Crippen LogP contribution in [-0.2, 0) is 6.54 Å². The Hall–Kier alpha value is -1.44. The smallest absolute Gasteiger partial charge is 0.248 e. The molecule has 0 radical (unpaired) electrons. The van der Waals surface area contributed by atoms with Gasteiger partial charge in [-0.2, -0.15) is 10.1 Å². The van der Waals surface area contributed by atoms with E-state index in [9.17, 15) is 0 Å². The zero-order chi connectivity index (χ0) is 15.0. The summed E-state index contributed by atoms with van der Waals surface area (Å²) in [4.78, 5) is 6.72. The molecule has 0 amide bonds. The van der Waals surface area contributed by atoms with Crippen molar-refractivity contribution < 1.29 is 4.52 Å². The fourth-order valence-electron chi connectivity index (χ4n) is 2.52. The van der Waals surface area contributed by atoms with Gasteiger partial charge in [0.05, 0.1) is 22.5 Å². The molecule has 0 aliphatic carbocycles. The molecule has 3 rings (SSSR count). The highest BCUT2D eigenvalue weighted by Gasteiger charge is 2.25. The Morgan fingerprint density at radius 3 is 2.90 bits per heavy atom. The molecule has 0 aromatic carbocycles. The van der Waals surface area contributed by atoms with Crippen LogP contribution in [0.3, 0.4) is 0 Å². The summed E-state index contributed by atoms with van der Waals surface area (Å²) < 4.78 is 7.14. The second-order valence-electron chi connectivity index (χ2n) is 5.39. The normalized spacial score (nSPS) is 20.1. The van der Waals surface area contributed by atoms with Gasteiger partial charge in [-0.05, 0) is 20.9 Å². The molecule has 1 fully saturated rings. The first-order chi connectivity index (χ1) is 10.1. The summed E-state index contributed by atoms with van der Waals surface area (Å²) in [5.41, 5.74) is 1.72. The molecule has 1 unspecified atom stereocenters. The number of hydrogen-bond donors (Lipinski definition) is 1. The van der Waals surface area contributed by atoms with Crippen LogP contribution in [0.15, 0.2) is 4.52 Å². The first-order valence-corrected chi connectivity index (χ1v) is 7.37. The van der Waals surface area contributed by atoms with Gasteiger partial charge in [0.15, 0.2) is 5.82 Å². The van der Waals surface area contributed by atoms with E-state index in [1.807, 2.05) is 13.8 Å². The first kappa shape index (κ1) is 14.5. The lowest BCUT2D eigenvalue weighted by Gasteiger charge is -2.30. The van der Waals surface area contributed by atoms with Crippen molar-refractivity contribution in [3.05, 3.63) is 28.1 Å². The molecule has 0 saturated carbocycles. The maximum absolute atomic E-state index is 6.15. The van der Waals surface area contributed by atoms with Crippen LogP contribution >= 0.6 is 11.6 Å². The molecule has 2 aromatic rings. The van der Waals surface area contributed by atoms with Crippen LogP contribution in [0.1, 0.15) is 29.1 Å². The quantitative estimate of drug-likeness (QED) is 0.917. The number of halogens is 1. The van der Waals surface area contributed by atoms with Crippen LogP contribution in [0.5, 0.6) is 0 Å². The molecule has 21 heavy (non-hydrogen) atoms. The molecular formula is C13H19ClN6O. The summed E-state index contributed by atoms with van der Waals surface area (Å²) in [6.45, 7) is 7.05. The second-order valence-corrected chi connectivity index (χ2v) is 5.77. The number of likely N-dealkylation sites (N-methyl/N-ethyl adjacent to an activating group) is 1. The number of nitrogens with zero attached hydrogens (tertiary/aromatic N) is 5. The van der Waals surface area contributed by atoms with E-state index in [2.05, 4.69) is 32.5 Å². The van der Waals surface area contributed by atoms with Crippen LogP contribution in [0, 0.1) is 13.8 Å². The number of rotatable bonds is 3. The van der Waals surface area contributed by atoms with E-state index in [0.29, 0.717) is 23.3 Å².